The van der Waals surface area contributed by atoms with Gasteiger partial charge in [-0.3, -0.25) is 4.99 Å². The van der Waals surface area contributed by atoms with Crippen LogP contribution in [0.2, 0.25) is 0 Å². The third-order valence-electron chi connectivity index (χ3n) is 4.88. The van der Waals surface area contributed by atoms with E-state index in [0.29, 0.717) is 31.9 Å². The van der Waals surface area contributed by atoms with E-state index in [2.05, 4.69) is 10.3 Å². The van der Waals surface area contributed by atoms with Crippen LogP contribution < -0.4 is 5.32 Å². The highest BCUT2D eigenvalue weighted by atomic mass is 19.4. The van der Waals surface area contributed by atoms with Gasteiger partial charge in [-0.05, 0) is 30.9 Å². The smallest absolute Gasteiger partial charge is 0.356 e. The molecule has 1 aromatic rings. The van der Waals surface area contributed by atoms with E-state index in [1.165, 1.54) is 0 Å². The van der Waals surface area contributed by atoms with Crippen LogP contribution in [0.4, 0.5) is 13.2 Å². The van der Waals surface area contributed by atoms with Crippen molar-refractivity contribution >= 4 is 5.96 Å². The lowest BCUT2D eigenvalue weighted by atomic mass is 9.79. The Hall–Kier alpha value is -1.66. The molecule has 0 bridgehead atoms. The fourth-order valence-electron chi connectivity index (χ4n) is 3.47. The molecule has 0 radical (unpaired) electrons. The van der Waals surface area contributed by atoms with Crippen LogP contribution in [0.5, 0.6) is 0 Å². The van der Waals surface area contributed by atoms with Crippen molar-refractivity contribution in [2.24, 2.45) is 23.9 Å². The molecule has 1 heterocycles. The van der Waals surface area contributed by atoms with Gasteiger partial charge < -0.3 is 14.8 Å². The zero-order valence-electron chi connectivity index (χ0n) is 14.6. The van der Waals surface area contributed by atoms with Crippen LogP contribution in [0.3, 0.4) is 0 Å². The fraction of sp³-hybridized carbons (Fsp3) is 0.706. The van der Waals surface area contributed by atoms with Crippen LogP contribution in [0, 0.1) is 11.8 Å². The molecule has 0 aliphatic heterocycles. The monoisotopic (exact) mass is 344 g/mol. The van der Waals surface area contributed by atoms with Crippen LogP contribution in [0.1, 0.15) is 31.4 Å². The van der Waals surface area contributed by atoms with E-state index in [4.69, 9.17) is 0 Å². The number of rotatable bonds is 4. The first-order valence-corrected chi connectivity index (χ1v) is 8.41. The van der Waals surface area contributed by atoms with Gasteiger partial charge in [-0.2, -0.15) is 13.2 Å². The lowest BCUT2D eigenvalue weighted by Crippen LogP contribution is -2.44. The highest BCUT2D eigenvalue weighted by Gasteiger charge is 2.45. The van der Waals surface area contributed by atoms with Gasteiger partial charge in [-0.25, -0.2) is 0 Å². The average molecular weight is 344 g/mol. The van der Waals surface area contributed by atoms with Gasteiger partial charge in [-0.1, -0.05) is 12.8 Å². The minimum Gasteiger partial charge on any atom is -0.356 e. The maximum absolute atomic E-state index is 13.2. The molecule has 2 atom stereocenters. The Morgan fingerprint density at radius 3 is 2.67 bits per heavy atom. The molecule has 1 fully saturated rings. The Labute approximate surface area is 141 Å². The van der Waals surface area contributed by atoms with E-state index in [1.807, 2.05) is 41.9 Å². The molecule has 136 valence electrons. The topological polar surface area (TPSA) is 32.6 Å². The molecular formula is C17H27F3N4. The van der Waals surface area contributed by atoms with Crippen molar-refractivity contribution in [3.63, 3.8) is 0 Å². The zero-order valence-corrected chi connectivity index (χ0v) is 14.6. The number of halogens is 3. The first kappa shape index (κ1) is 18.7. The molecule has 7 heteroatoms. The summed E-state index contributed by atoms with van der Waals surface area (Å²) in [6, 6.07) is 3.99. The fourth-order valence-corrected chi connectivity index (χ4v) is 3.47. The molecule has 1 aromatic heterocycles. The van der Waals surface area contributed by atoms with E-state index < -0.39 is 12.1 Å². The third kappa shape index (κ3) is 4.68. The highest BCUT2D eigenvalue weighted by molar-refractivity contribution is 5.79. The lowest BCUT2D eigenvalue weighted by Gasteiger charge is -2.34. The second-order valence-electron chi connectivity index (χ2n) is 6.59. The molecule has 1 saturated carbocycles. The van der Waals surface area contributed by atoms with Gasteiger partial charge in [0.25, 0.3) is 0 Å². The van der Waals surface area contributed by atoms with Crippen LogP contribution in [0.25, 0.3) is 0 Å². The Morgan fingerprint density at radius 1 is 1.38 bits per heavy atom. The number of guanidine groups is 1. The number of aliphatic imine (C=N–C) groups is 1. The molecule has 24 heavy (non-hydrogen) atoms. The SMILES string of the molecule is CN=C(NCC1CCCCC1C(F)(F)F)N(C)Cc1cccn1C. The molecule has 1 aliphatic rings. The molecule has 0 amide bonds. The summed E-state index contributed by atoms with van der Waals surface area (Å²) in [6.45, 7) is 0.963. The first-order chi connectivity index (χ1) is 11.3. The molecule has 2 rings (SSSR count). The van der Waals surface area contributed by atoms with E-state index in [1.54, 1.807) is 7.05 Å². The maximum Gasteiger partial charge on any atom is 0.392 e. The largest absolute Gasteiger partial charge is 0.392 e. The van der Waals surface area contributed by atoms with Gasteiger partial charge in [0.15, 0.2) is 5.96 Å². The van der Waals surface area contributed by atoms with Gasteiger partial charge in [-0.15, -0.1) is 0 Å². The summed E-state index contributed by atoms with van der Waals surface area (Å²) in [5, 5.41) is 3.14. The normalized spacial score (nSPS) is 22.5. The minimum atomic E-state index is -4.11. The Bertz CT molecular complexity index is 550. The molecule has 0 aromatic carbocycles. The molecule has 0 saturated heterocycles. The first-order valence-electron chi connectivity index (χ1n) is 8.41. The average Bonchev–Trinajstić information content (AvgIpc) is 2.92. The number of nitrogens with one attached hydrogen (secondary N) is 1. The molecule has 2 unspecified atom stereocenters. The molecular weight excluding hydrogens is 317 g/mol. The second-order valence-corrected chi connectivity index (χ2v) is 6.59. The maximum atomic E-state index is 13.2. The zero-order chi connectivity index (χ0) is 17.7. The van der Waals surface area contributed by atoms with Crippen molar-refractivity contribution in [1.29, 1.82) is 0 Å². The highest BCUT2D eigenvalue weighted by Crippen LogP contribution is 2.41. The molecule has 1 aliphatic carbocycles. The predicted molar refractivity (Wildman–Crippen MR) is 89.7 cm³/mol. The summed E-state index contributed by atoms with van der Waals surface area (Å²) < 4.78 is 41.6. The molecule has 1 N–H and O–H groups in total. The van der Waals surface area contributed by atoms with E-state index >= 15 is 0 Å². The predicted octanol–water partition coefficient (Wildman–Crippen LogP) is 3.40. The van der Waals surface area contributed by atoms with Crippen molar-refractivity contribution < 1.29 is 13.2 Å². The van der Waals surface area contributed by atoms with Crippen molar-refractivity contribution in [2.45, 2.75) is 38.4 Å². The quantitative estimate of drug-likeness (QED) is 0.671. The number of alkyl halides is 3. The van der Waals surface area contributed by atoms with Crippen molar-refractivity contribution in [2.75, 3.05) is 20.6 Å². The third-order valence-corrected chi connectivity index (χ3v) is 4.88. The number of aryl methyl sites for hydroxylation is 1. The van der Waals surface area contributed by atoms with Crippen molar-refractivity contribution in [1.82, 2.24) is 14.8 Å². The number of nitrogens with zero attached hydrogens (tertiary/aromatic N) is 3. The summed E-state index contributed by atoms with van der Waals surface area (Å²) in [4.78, 5) is 6.14. The molecule has 0 spiro atoms. The van der Waals surface area contributed by atoms with Crippen LogP contribution in [0.15, 0.2) is 23.3 Å². The summed E-state index contributed by atoms with van der Waals surface area (Å²) in [5.41, 5.74) is 1.12. The summed E-state index contributed by atoms with van der Waals surface area (Å²) in [6.07, 6.45) is 0.267. The lowest BCUT2D eigenvalue weighted by molar-refractivity contribution is -0.195. The standard InChI is InChI=1S/C17H27F3N4/c1-21-16(24(3)12-14-8-6-10-23(14)2)22-11-13-7-4-5-9-15(13)17(18,19)20/h6,8,10,13,15H,4-5,7,9,11-12H2,1-3H3,(H,21,22). The van der Waals surface area contributed by atoms with Gasteiger partial charge in [0.1, 0.15) is 0 Å². The van der Waals surface area contributed by atoms with E-state index in [9.17, 15) is 13.2 Å². The molecule has 4 nitrogen and oxygen atoms in total. The Balaban J connectivity index is 1.94. The number of aromatic nitrogens is 1. The Morgan fingerprint density at radius 2 is 2.08 bits per heavy atom. The van der Waals surface area contributed by atoms with Crippen molar-refractivity contribution in [3.05, 3.63) is 24.0 Å². The van der Waals surface area contributed by atoms with Gasteiger partial charge in [0.2, 0.25) is 0 Å². The van der Waals surface area contributed by atoms with Crippen LogP contribution in [-0.4, -0.2) is 42.2 Å². The summed E-state index contributed by atoms with van der Waals surface area (Å²) in [7, 11) is 5.52. The minimum absolute atomic E-state index is 0.244. The van der Waals surface area contributed by atoms with Crippen molar-refractivity contribution in [3.8, 4) is 0 Å². The summed E-state index contributed by atoms with van der Waals surface area (Å²) >= 11 is 0. The van der Waals surface area contributed by atoms with Gasteiger partial charge in [0.05, 0.1) is 12.5 Å². The number of hydrogen-bond donors (Lipinski definition) is 1. The van der Waals surface area contributed by atoms with Gasteiger partial charge >= 0.3 is 6.18 Å². The van der Waals surface area contributed by atoms with Crippen LogP contribution >= 0.6 is 0 Å². The Kier molecular flexibility index (Phi) is 6.18. The second kappa shape index (κ2) is 7.94. The van der Waals surface area contributed by atoms with E-state index in [-0.39, 0.29) is 12.3 Å². The van der Waals surface area contributed by atoms with E-state index in [0.717, 1.165) is 12.1 Å². The van der Waals surface area contributed by atoms with Crippen LogP contribution in [-0.2, 0) is 13.6 Å². The summed E-state index contributed by atoms with van der Waals surface area (Å²) in [5.74, 6) is -0.948. The van der Waals surface area contributed by atoms with Gasteiger partial charge in [0, 0.05) is 39.6 Å². The number of hydrogen-bond acceptors (Lipinski definition) is 1.